The van der Waals surface area contributed by atoms with Crippen molar-refractivity contribution in [1.29, 1.82) is 0 Å². The van der Waals surface area contributed by atoms with Gasteiger partial charge in [0.25, 0.3) is 0 Å². The highest BCUT2D eigenvalue weighted by atomic mass is 16.3. The van der Waals surface area contributed by atoms with Crippen LogP contribution in [0.5, 0.6) is 0 Å². The van der Waals surface area contributed by atoms with Crippen molar-refractivity contribution in [3.8, 4) is 0 Å². The summed E-state index contributed by atoms with van der Waals surface area (Å²) in [4.78, 5) is 0. The smallest absolute Gasteiger partial charge is 0.0858 e. The second-order valence-electron chi connectivity index (χ2n) is 9.62. The van der Waals surface area contributed by atoms with Crippen LogP contribution in [0.15, 0.2) is 11.6 Å². The van der Waals surface area contributed by atoms with Gasteiger partial charge >= 0.3 is 0 Å². The normalized spacial score (nSPS) is 51.3. The number of fused-ring (bicyclic) bond motifs is 3. The minimum atomic E-state index is -0.835. The Morgan fingerprint density at radius 1 is 1.16 bits per heavy atom. The van der Waals surface area contributed by atoms with Crippen LogP contribution in [0.25, 0.3) is 0 Å². The third kappa shape index (κ3) is 2.88. The van der Waals surface area contributed by atoms with Gasteiger partial charge in [0.15, 0.2) is 0 Å². The molecule has 144 valence electrons. The maximum atomic E-state index is 10.9. The Balaban J connectivity index is 2.02. The van der Waals surface area contributed by atoms with Crippen LogP contribution in [0, 0.1) is 28.1 Å². The van der Waals surface area contributed by atoms with Gasteiger partial charge in [-0.05, 0) is 60.3 Å². The molecule has 0 aromatic heterocycles. The molecule has 0 saturated heterocycles. The zero-order valence-corrected chi connectivity index (χ0v) is 15.6. The predicted molar refractivity (Wildman–Crippen MR) is 94.7 cm³/mol. The second kappa shape index (κ2) is 6.31. The summed E-state index contributed by atoms with van der Waals surface area (Å²) >= 11 is 0. The summed E-state index contributed by atoms with van der Waals surface area (Å²) in [6.07, 6.45) is 3.52. The number of rotatable bonds is 3. The molecule has 5 nitrogen and oxygen atoms in total. The number of hydrogen-bond acceptors (Lipinski definition) is 5. The topological polar surface area (TPSA) is 101 Å². The largest absolute Gasteiger partial charge is 0.396 e. The van der Waals surface area contributed by atoms with Crippen LogP contribution in [-0.4, -0.2) is 57.1 Å². The standard InChI is InChI=1S/C20H34O5/c1-18(17(25)10-21)5-4-14-13(9-18)15(24)6-16-19(2,11-22)7-12(23)8-20(14,16)3/h9,12,14-17,21-25H,4-8,10-11H2,1-3H3/t12-,14-,15-,16-,17?,18+,19+,20+/m0/s1. The highest BCUT2D eigenvalue weighted by Crippen LogP contribution is 2.63. The first-order valence-electron chi connectivity index (χ1n) is 9.58. The fourth-order valence-electron chi connectivity index (χ4n) is 6.36. The number of aliphatic hydroxyl groups excluding tert-OH is 5. The van der Waals surface area contributed by atoms with Gasteiger partial charge in [0.05, 0.1) is 24.9 Å². The summed E-state index contributed by atoms with van der Waals surface area (Å²) in [7, 11) is 0. The van der Waals surface area contributed by atoms with E-state index in [2.05, 4.69) is 6.92 Å². The molecule has 0 heterocycles. The lowest BCUT2D eigenvalue weighted by molar-refractivity contribution is -0.150. The molecule has 5 N–H and O–H groups in total. The molecule has 0 bridgehead atoms. The van der Waals surface area contributed by atoms with Gasteiger partial charge in [-0.3, -0.25) is 0 Å². The van der Waals surface area contributed by atoms with Crippen LogP contribution in [0.4, 0.5) is 0 Å². The van der Waals surface area contributed by atoms with Crippen molar-refractivity contribution in [3.05, 3.63) is 11.6 Å². The molecule has 1 unspecified atom stereocenters. The minimum Gasteiger partial charge on any atom is -0.396 e. The van der Waals surface area contributed by atoms with Gasteiger partial charge in [-0.2, -0.15) is 0 Å². The number of hydrogen-bond donors (Lipinski definition) is 5. The fraction of sp³-hybridized carbons (Fsp3) is 0.900. The fourth-order valence-corrected chi connectivity index (χ4v) is 6.36. The van der Waals surface area contributed by atoms with Gasteiger partial charge in [0.2, 0.25) is 0 Å². The van der Waals surface area contributed by atoms with E-state index < -0.39 is 23.7 Å². The summed E-state index contributed by atoms with van der Waals surface area (Å²) in [6.45, 7) is 5.89. The molecule has 0 aromatic rings. The molecular weight excluding hydrogens is 320 g/mol. The molecule has 8 atom stereocenters. The van der Waals surface area contributed by atoms with Crippen LogP contribution in [-0.2, 0) is 0 Å². The maximum absolute atomic E-state index is 10.9. The van der Waals surface area contributed by atoms with E-state index in [0.29, 0.717) is 19.3 Å². The van der Waals surface area contributed by atoms with Crippen LogP contribution in [0.3, 0.4) is 0 Å². The van der Waals surface area contributed by atoms with E-state index >= 15 is 0 Å². The molecule has 5 heteroatoms. The van der Waals surface area contributed by atoms with Gasteiger partial charge < -0.3 is 25.5 Å². The van der Waals surface area contributed by atoms with E-state index in [1.807, 2.05) is 19.9 Å². The molecule has 0 radical (unpaired) electrons. The van der Waals surface area contributed by atoms with Gasteiger partial charge in [-0.1, -0.05) is 26.8 Å². The molecule has 3 rings (SSSR count). The van der Waals surface area contributed by atoms with E-state index in [1.165, 1.54) is 0 Å². The average molecular weight is 354 g/mol. The average Bonchev–Trinajstić information content (AvgIpc) is 2.56. The maximum Gasteiger partial charge on any atom is 0.0858 e. The molecule has 3 aliphatic rings. The molecular formula is C20H34O5. The van der Waals surface area contributed by atoms with Crippen molar-refractivity contribution in [3.63, 3.8) is 0 Å². The van der Waals surface area contributed by atoms with Crippen LogP contribution < -0.4 is 0 Å². The van der Waals surface area contributed by atoms with Gasteiger partial charge in [0, 0.05) is 12.0 Å². The molecule has 3 aliphatic carbocycles. The Kier molecular flexibility index (Phi) is 4.87. The van der Waals surface area contributed by atoms with Crippen molar-refractivity contribution in [1.82, 2.24) is 0 Å². The van der Waals surface area contributed by atoms with E-state index in [4.69, 9.17) is 0 Å². The first-order chi connectivity index (χ1) is 11.6. The molecule has 0 aliphatic heterocycles. The Labute approximate surface area is 150 Å². The van der Waals surface area contributed by atoms with Crippen molar-refractivity contribution in [2.75, 3.05) is 13.2 Å². The lowest BCUT2D eigenvalue weighted by Crippen LogP contribution is -2.59. The van der Waals surface area contributed by atoms with Crippen molar-refractivity contribution in [2.24, 2.45) is 28.1 Å². The van der Waals surface area contributed by atoms with E-state index in [1.54, 1.807) is 0 Å². The summed E-state index contributed by atoms with van der Waals surface area (Å²) in [5.74, 6) is 0.290. The molecule has 25 heavy (non-hydrogen) atoms. The molecule has 2 fully saturated rings. The Morgan fingerprint density at radius 3 is 2.44 bits per heavy atom. The van der Waals surface area contributed by atoms with Crippen molar-refractivity contribution in [2.45, 2.75) is 71.2 Å². The van der Waals surface area contributed by atoms with Gasteiger partial charge in [0.1, 0.15) is 0 Å². The van der Waals surface area contributed by atoms with Crippen molar-refractivity contribution >= 4 is 0 Å². The highest BCUT2D eigenvalue weighted by molar-refractivity contribution is 5.28. The lowest BCUT2D eigenvalue weighted by atomic mass is 9.44. The highest BCUT2D eigenvalue weighted by Gasteiger charge is 2.59. The Morgan fingerprint density at radius 2 is 1.84 bits per heavy atom. The van der Waals surface area contributed by atoms with Crippen LogP contribution in [0.2, 0.25) is 0 Å². The summed E-state index contributed by atoms with van der Waals surface area (Å²) < 4.78 is 0. The third-order valence-corrected chi connectivity index (χ3v) is 7.82. The molecule has 2 saturated carbocycles. The van der Waals surface area contributed by atoms with Gasteiger partial charge in [-0.25, -0.2) is 0 Å². The molecule has 0 spiro atoms. The van der Waals surface area contributed by atoms with Gasteiger partial charge in [-0.15, -0.1) is 0 Å². The van der Waals surface area contributed by atoms with Crippen LogP contribution in [0.1, 0.15) is 52.9 Å². The quantitative estimate of drug-likeness (QED) is 0.491. The summed E-state index contributed by atoms with van der Waals surface area (Å²) in [5.41, 5.74) is -0.136. The molecule has 0 aromatic carbocycles. The zero-order valence-electron chi connectivity index (χ0n) is 15.6. The Hall–Kier alpha value is -0.460. The first-order valence-corrected chi connectivity index (χ1v) is 9.58. The SMILES string of the molecule is C[C@]1(CO)C[C@H](O)C[C@]2(C)[C@H]3CC[C@@](C)(C(O)CO)C=C3[C@@H](O)C[C@@H]12. The van der Waals surface area contributed by atoms with E-state index in [9.17, 15) is 25.5 Å². The second-order valence-corrected chi connectivity index (χ2v) is 9.62. The van der Waals surface area contributed by atoms with Crippen LogP contribution >= 0.6 is 0 Å². The van der Waals surface area contributed by atoms with E-state index in [0.717, 1.165) is 18.4 Å². The first kappa shape index (κ1) is 19.3. The minimum absolute atomic E-state index is 0.0176. The summed E-state index contributed by atoms with van der Waals surface area (Å²) in [6, 6.07) is 0. The number of aliphatic hydroxyl groups is 5. The predicted octanol–water partition coefficient (Wildman–Crippen LogP) is 1.22. The monoisotopic (exact) mass is 354 g/mol. The molecule has 0 amide bonds. The van der Waals surface area contributed by atoms with E-state index in [-0.39, 0.29) is 35.9 Å². The van der Waals surface area contributed by atoms with Crippen molar-refractivity contribution < 1.29 is 25.5 Å². The lowest BCUT2D eigenvalue weighted by Gasteiger charge is -2.62. The third-order valence-electron chi connectivity index (χ3n) is 7.82. The Bertz CT molecular complexity index is 548. The zero-order chi connectivity index (χ0) is 18.6. The summed E-state index contributed by atoms with van der Waals surface area (Å²) in [5, 5.41) is 51.0.